The summed E-state index contributed by atoms with van der Waals surface area (Å²) in [6.07, 6.45) is 5.34. The van der Waals surface area contributed by atoms with Gasteiger partial charge in [-0.2, -0.15) is 4.31 Å². The van der Waals surface area contributed by atoms with Crippen molar-refractivity contribution in [2.45, 2.75) is 43.3 Å². The van der Waals surface area contributed by atoms with Gasteiger partial charge in [0.25, 0.3) is 5.91 Å². The number of benzene rings is 2. The van der Waals surface area contributed by atoms with Gasteiger partial charge in [0.1, 0.15) is 6.04 Å². The lowest BCUT2D eigenvalue weighted by Crippen LogP contribution is -2.48. The quantitative estimate of drug-likeness (QED) is 0.467. The van der Waals surface area contributed by atoms with E-state index in [1.54, 1.807) is 48.6 Å². The van der Waals surface area contributed by atoms with Gasteiger partial charge in [-0.3, -0.25) is 14.6 Å². The van der Waals surface area contributed by atoms with Gasteiger partial charge in [-0.15, -0.1) is 0 Å². The minimum absolute atomic E-state index is 0.0109. The molecule has 3 aromatic rings. The fourth-order valence-electron chi connectivity index (χ4n) is 4.29. The second kappa shape index (κ2) is 11.9. The topological polar surface area (TPSA) is 99.7 Å². The van der Waals surface area contributed by atoms with E-state index in [0.717, 1.165) is 18.4 Å². The number of rotatable bonds is 8. The van der Waals surface area contributed by atoms with E-state index < -0.39 is 16.1 Å². The maximum absolute atomic E-state index is 13.7. The van der Waals surface area contributed by atoms with Crippen LogP contribution in [0.2, 0.25) is 5.02 Å². The molecule has 1 saturated heterocycles. The number of carbonyl (C=O) groups is 2. The number of amides is 2. The summed E-state index contributed by atoms with van der Waals surface area (Å²) < 4.78 is 28.6. The molecule has 2 heterocycles. The van der Waals surface area contributed by atoms with Crippen LogP contribution < -0.4 is 5.32 Å². The van der Waals surface area contributed by atoms with E-state index in [1.807, 2.05) is 12.1 Å². The molecule has 2 aromatic carbocycles. The summed E-state index contributed by atoms with van der Waals surface area (Å²) >= 11 is 5.97. The van der Waals surface area contributed by atoms with Crippen molar-refractivity contribution in [1.29, 1.82) is 0 Å². The fourth-order valence-corrected chi connectivity index (χ4v) is 6.02. The first-order chi connectivity index (χ1) is 17.8. The van der Waals surface area contributed by atoms with Crippen LogP contribution in [0.15, 0.2) is 78.0 Å². The monoisotopic (exact) mass is 540 g/mol. The number of hydrogen-bond acceptors (Lipinski definition) is 5. The largest absolute Gasteiger partial charge is 0.355 e. The van der Waals surface area contributed by atoms with Gasteiger partial charge in [0.2, 0.25) is 15.9 Å². The van der Waals surface area contributed by atoms with Crippen LogP contribution in [-0.2, 0) is 27.9 Å². The summed E-state index contributed by atoms with van der Waals surface area (Å²) in [4.78, 5) is 31.5. The van der Waals surface area contributed by atoms with E-state index in [0.29, 0.717) is 35.7 Å². The molecule has 0 unspecified atom stereocenters. The van der Waals surface area contributed by atoms with Crippen molar-refractivity contribution in [3.63, 3.8) is 0 Å². The van der Waals surface area contributed by atoms with Gasteiger partial charge in [0, 0.05) is 49.7 Å². The van der Waals surface area contributed by atoms with E-state index in [9.17, 15) is 18.0 Å². The van der Waals surface area contributed by atoms with Crippen molar-refractivity contribution >= 4 is 33.4 Å². The van der Waals surface area contributed by atoms with Crippen LogP contribution in [0.3, 0.4) is 0 Å². The minimum atomic E-state index is -4.01. The smallest absolute Gasteiger partial charge is 0.253 e. The van der Waals surface area contributed by atoms with Gasteiger partial charge >= 0.3 is 0 Å². The van der Waals surface area contributed by atoms with E-state index in [1.165, 1.54) is 28.6 Å². The maximum atomic E-state index is 13.7. The molecule has 0 radical (unpaired) electrons. The third-order valence-corrected chi connectivity index (χ3v) is 8.42. The van der Waals surface area contributed by atoms with Crippen LogP contribution >= 0.6 is 11.6 Å². The molecule has 0 saturated carbocycles. The molecule has 2 amide bonds. The molecule has 37 heavy (non-hydrogen) atoms. The van der Waals surface area contributed by atoms with Crippen LogP contribution in [0.1, 0.15) is 40.7 Å². The standard InChI is InChI=1S/C27H29ClN4O4S/c1-31(18-21-5-4-15-29-17-21)27(34)22-9-7-20(8-10-22)19-32(25-6-2-3-16-30-26(25)33)37(35,36)24-13-11-23(28)12-14-24/h4-5,7-15,17,25H,2-3,6,16,18-19H2,1H3,(H,30,33)/t25-/m1/s1. The molecule has 1 atom stereocenters. The van der Waals surface area contributed by atoms with Gasteiger partial charge < -0.3 is 10.2 Å². The Bertz CT molecular complexity index is 1330. The van der Waals surface area contributed by atoms with E-state index >= 15 is 0 Å². The molecule has 8 nitrogen and oxygen atoms in total. The molecule has 1 aliphatic rings. The minimum Gasteiger partial charge on any atom is -0.355 e. The number of carbonyl (C=O) groups excluding carboxylic acids is 2. The second-order valence-corrected chi connectivity index (χ2v) is 11.4. The average molecular weight is 541 g/mol. The van der Waals surface area contributed by atoms with Crippen molar-refractivity contribution in [2.24, 2.45) is 0 Å². The summed E-state index contributed by atoms with van der Waals surface area (Å²) in [6, 6.07) is 15.6. The van der Waals surface area contributed by atoms with Gasteiger partial charge in [-0.1, -0.05) is 29.8 Å². The number of aromatic nitrogens is 1. The SMILES string of the molecule is CN(Cc1cccnc1)C(=O)c1ccc(CN([C@@H]2CCCCNC2=O)S(=O)(=O)c2ccc(Cl)cc2)cc1. The van der Waals surface area contributed by atoms with E-state index in [-0.39, 0.29) is 23.3 Å². The number of pyridine rings is 1. The van der Waals surface area contributed by atoms with Crippen molar-refractivity contribution in [3.8, 4) is 0 Å². The zero-order chi connectivity index (χ0) is 26.4. The normalized spacial score (nSPS) is 16.2. The first kappa shape index (κ1) is 26.8. The molecule has 1 N–H and O–H groups in total. The van der Waals surface area contributed by atoms with Gasteiger partial charge in [-0.05, 0) is 72.9 Å². The molecule has 0 aliphatic carbocycles. The van der Waals surface area contributed by atoms with Crippen LogP contribution in [0.4, 0.5) is 0 Å². The van der Waals surface area contributed by atoms with Crippen LogP contribution in [0, 0.1) is 0 Å². The molecule has 0 bridgehead atoms. The summed E-state index contributed by atoms with van der Waals surface area (Å²) in [7, 11) is -2.29. The van der Waals surface area contributed by atoms with Crippen LogP contribution in [-0.4, -0.2) is 54.1 Å². The van der Waals surface area contributed by atoms with Gasteiger partial charge in [0.15, 0.2) is 0 Å². The van der Waals surface area contributed by atoms with Crippen LogP contribution in [0.5, 0.6) is 0 Å². The van der Waals surface area contributed by atoms with Gasteiger partial charge in [-0.25, -0.2) is 8.42 Å². The first-order valence-electron chi connectivity index (χ1n) is 12.0. The molecule has 194 valence electrons. The number of nitrogens with zero attached hydrogens (tertiary/aromatic N) is 3. The van der Waals surface area contributed by atoms with Crippen molar-refractivity contribution < 1.29 is 18.0 Å². The third-order valence-electron chi connectivity index (χ3n) is 6.30. The highest BCUT2D eigenvalue weighted by Gasteiger charge is 2.36. The number of halogens is 1. The maximum Gasteiger partial charge on any atom is 0.253 e. The molecule has 1 fully saturated rings. The number of hydrogen-bond donors (Lipinski definition) is 1. The lowest BCUT2D eigenvalue weighted by Gasteiger charge is -2.29. The summed E-state index contributed by atoms with van der Waals surface area (Å²) in [6.45, 7) is 0.926. The number of nitrogens with one attached hydrogen (secondary N) is 1. The molecular formula is C27H29ClN4O4S. The highest BCUT2D eigenvalue weighted by Crippen LogP contribution is 2.26. The Kier molecular flexibility index (Phi) is 8.58. The zero-order valence-electron chi connectivity index (χ0n) is 20.5. The predicted octanol–water partition coefficient (Wildman–Crippen LogP) is 3.87. The summed E-state index contributed by atoms with van der Waals surface area (Å²) in [5.41, 5.74) is 2.07. The third kappa shape index (κ3) is 6.54. The second-order valence-electron chi connectivity index (χ2n) is 9.03. The predicted molar refractivity (Wildman–Crippen MR) is 141 cm³/mol. The highest BCUT2D eigenvalue weighted by atomic mass is 35.5. The molecule has 1 aromatic heterocycles. The Hall–Kier alpha value is -3.27. The molecular weight excluding hydrogens is 512 g/mol. The Morgan fingerprint density at radius 2 is 1.76 bits per heavy atom. The molecule has 1 aliphatic heterocycles. The lowest BCUT2D eigenvalue weighted by atomic mass is 10.1. The Balaban J connectivity index is 1.57. The summed E-state index contributed by atoms with van der Waals surface area (Å²) in [5.74, 6) is -0.469. The van der Waals surface area contributed by atoms with Crippen molar-refractivity contribution in [2.75, 3.05) is 13.6 Å². The molecule has 10 heteroatoms. The van der Waals surface area contributed by atoms with Crippen molar-refractivity contribution in [3.05, 3.63) is 94.8 Å². The van der Waals surface area contributed by atoms with Gasteiger partial charge in [0.05, 0.1) is 4.90 Å². The van der Waals surface area contributed by atoms with Crippen LogP contribution in [0.25, 0.3) is 0 Å². The zero-order valence-corrected chi connectivity index (χ0v) is 22.1. The first-order valence-corrected chi connectivity index (χ1v) is 13.9. The highest BCUT2D eigenvalue weighted by molar-refractivity contribution is 7.89. The van der Waals surface area contributed by atoms with E-state index in [2.05, 4.69) is 10.3 Å². The number of sulfonamides is 1. The lowest BCUT2D eigenvalue weighted by molar-refractivity contribution is -0.124. The summed E-state index contributed by atoms with van der Waals surface area (Å²) in [5, 5.41) is 3.25. The Morgan fingerprint density at radius 1 is 1.03 bits per heavy atom. The molecule has 0 spiro atoms. The Labute approximate surface area is 222 Å². The fraction of sp³-hybridized carbons (Fsp3) is 0.296. The Morgan fingerprint density at radius 3 is 2.43 bits per heavy atom. The van der Waals surface area contributed by atoms with Crippen molar-refractivity contribution in [1.82, 2.24) is 19.5 Å². The van der Waals surface area contributed by atoms with E-state index in [4.69, 9.17) is 11.6 Å². The average Bonchev–Trinajstić information content (AvgIpc) is 3.12. The molecule has 4 rings (SSSR count).